The molecule has 1 heterocycles. The van der Waals surface area contributed by atoms with Gasteiger partial charge in [-0.05, 0) is 18.2 Å². The van der Waals surface area contributed by atoms with Gasteiger partial charge in [-0.2, -0.15) is 0 Å². The Bertz CT molecular complexity index is 629. The minimum atomic E-state index is -0.546. The van der Waals surface area contributed by atoms with Crippen LogP contribution in [0.4, 0.5) is 4.39 Å². The molecule has 0 spiro atoms. The Hall–Kier alpha value is -1.95. The van der Waals surface area contributed by atoms with Gasteiger partial charge in [-0.15, -0.1) is 10.2 Å². The standard InChI is InChI=1S/C13H14ClFN4O/c1-8(12-18-17-7-19(12)2)6-16-13(20)9-3-4-11(15)10(14)5-9/h3-5,7-8H,6H2,1-2H3,(H,16,20)/t8-/m1/s1. The predicted molar refractivity (Wildman–Crippen MR) is 73.2 cm³/mol. The minimum absolute atomic E-state index is 0.0161. The molecule has 20 heavy (non-hydrogen) atoms. The molecule has 1 amide bonds. The smallest absolute Gasteiger partial charge is 0.251 e. The van der Waals surface area contributed by atoms with Crippen molar-refractivity contribution in [1.29, 1.82) is 0 Å². The third-order valence-electron chi connectivity index (χ3n) is 2.94. The number of rotatable bonds is 4. The average Bonchev–Trinajstić information content (AvgIpc) is 2.85. The lowest BCUT2D eigenvalue weighted by Gasteiger charge is -2.12. The maximum absolute atomic E-state index is 13.0. The molecule has 2 aromatic rings. The van der Waals surface area contributed by atoms with E-state index in [1.807, 2.05) is 14.0 Å². The largest absolute Gasteiger partial charge is 0.351 e. The monoisotopic (exact) mass is 296 g/mol. The van der Waals surface area contributed by atoms with Gasteiger partial charge in [0.25, 0.3) is 5.91 Å². The van der Waals surface area contributed by atoms with Crippen LogP contribution in [0.1, 0.15) is 29.0 Å². The van der Waals surface area contributed by atoms with Crippen molar-refractivity contribution in [3.05, 3.63) is 46.8 Å². The van der Waals surface area contributed by atoms with Crippen LogP contribution in [0.3, 0.4) is 0 Å². The van der Waals surface area contributed by atoms with E-state index in [1.165, 1.54) is 18.2 Å². The SMILES string of the molecule is C[C@H](CNC(=O)c1ccc(F)c(Cl)c1)c1nncn1C. The zero-order valence-electron chi connectivity index (χ0n) is 11.1. The highest BCUT2D eigenvalue weighted by Crippen LogP contribution is 2.16. The van der Waals surface area contributed by atoms with Crippen molar-refractivity contribution in [1.82, 2.24) is 20.1 Å². The summed E-state index contributed by atoms with van der Waals surface area (Å²) in [6, 6.07) is 3.87. The van der Waals surface area contributed by atoms with Crippen molar-refractivity contribution < 1.29 is 9.18 Å². The van der Waals surface area contributed by atoms with Gasteiger partial charge in [-0.25, -0.2) is 4.39 Å². The topological polar surface area (TPSA) is 59.8 Å². The van der Waals surface area contributed by atoms with Gasteiger partial charge in [0, 0.05) is 25.1 Å². The lowest BCUT2D eigenvalue weighted by Crippen LogP contribution is -2.28. The van der Waals surface area contributed by atoms with Crippen LogP contribution in [0.5, 0.6) is 0 Å². The molecule has 1 atom stereocenters. The Balaban J connectivity index is 1.98. The van der Waals surface area contributed by atoms with Gasteiger partial charge < -0.3 is 9.88 Å². The Morgan fingerprint density at radius 2 is 2.30 bits per heavy atom. The highest BCUT2D eigenvalue weighted by atomic mass is 35.5. The molecular formula is C13H14ClFN4O. The summed E-state index contributed by atoms with van der Waals surface area (Å²) in [5.74, 6) is -0.0543. The van der Waals surface area contributed by atoms with Crippen LogP contribution in [0.25, 0.3) is 0 Å². The summed E-state index contributed by atoms with van der Waals surface area (Å²) in [4.78, 5) is 11.9. The highest BCUT2D eigenvalue weighted by molar-refractivity contribution is 6.31. The van der Waals surface area contributed by atoms with E-state index in [4.69, 9.17) is 11.6 Å². The number of halogens is 2. The van der Waals surface area contributed by atoms with Gasteiger partial charge in [0.2, 0.25) is 0 Å². The molecule has 7 heteroatoms. The summed E-state index contributed by atoms with van der Waals surface area (Å²) in [6.45, 7) is 2.34. The van der Waals surface area contributed by atoms with Gasteiger partial charge in [-0.1, -0.05) is 18.5 Å². The molecule has 0 aliphatic heterocycles. The van der Waals surface area contributed by atoms with E-state index in [0.717, 1.165) is 5.82 Å². The number of nitrogens with zero attached hydrogens (tertiary/aromatic N) is 3. The number of benzene rings is 1. The van der Waals surface area contributed by atoms with E-state index >= 15 is 0 Å². The fourth-order valence-electron chi connectivity index (χ4n) is 1.81. The highest BCUT2D eigenvalue weighted by Gasteiger charge is 2.14. The molecule has 2 rings (SSSR count). The van der Waals surface area contributed by atoms with Crippen LogP contribution in [0.2, 0.25) is 5.02 Å². The zero-order valence-corrected chi connectivity index (χ0v) is 11.9. The van der Waals surface area contributed by atoms with Crippen molar-refractivity contribution in [3.8, 4) is 0 Å². The summed E-state index contributed by atoms with van der Waals surface area (Å²) in [5, 5.41) is 10.5. The number of carbonyl (C=O) groups is 1. The van der Waals surface area contributed by atoms with Crippen molar-refractivity contribution in [2.75, 3.05) is 6.54 Å². The molecule has 0 bridgehead atoms. The summed E-state index contributed by atoms with van der Waals surface area (Å²) in [7, 11) is 1.84. The molecule has 0 fully saturated rings. The van der Waals surface area contributed by atoms with Crippen molar-refractivity contribution in [2.45, 2.75) is 12.8 Å². The first-order valence-corrected chi connectivity index (χ1v) is 6.44. The summed E-state index contributed by atoms with van der Waals surface area (Å²) < 4.78 is 14.8. The molecule has 1 aromatic carbocycles. The van der Waals surface area contributed by atoms with Gasteiger partial charge in [-0.3, -0.25) is 4.79 Å². The van der Waals surface area contributed by atoms with Gasteiger partial charge in [0.05, 0.1) is 5.02 Å². The lowest BCUT2D eigenvalue weighted by atomic mass is 10.1. The molecule has 0 unspecified atom stereocenters. The summed E-state index contributed by atoms with van der Waals surface area (Å²) in [6.07, 6.45) is 1.60. The zero-order chi connectivity index (χ0) is 14.7. The van der Waals surface area contributed by atoms with E-state index < -0.39 is 5.82 Å². The van der Waals surface area contributed by atoms with E-state index in [2.05, 4.69) is 15.5 Å². The fraction of sp³-hybridized carbons (Fsp3) is 0.308. The van der Waals surface area contributed by atoms with Crippen LogP contribution in [-0.4, -0.2) is 27.2 Å². The number of amides is 1. The molecular weight excluding hydrogens is 283 g/mol. The Kier molecular flexibility index (Phi) is 4.34. The van der Waals surface area contributed by atoms with Crippen LogP contribution in [-0.2, 0) is 7.05 Å². The Labute approximate surface area is 120 Å². The molecule has 1 N–H and O–H groups in total. The number of hydrogen-bond acceptors (Lipinski definition) is 3. The lowest BCUT2D eigenvalue weighted by molar-refractivity contribution is 0.0951. The normalized spacial score (nSPS) is 12.2. The quantitative estimate of drug-likeness (QED) is 0.940. The first kappa shape index (κ1) is 14.5. The van der Waals surface area contributed by atoms with Crippen LogP contribution in [0, 0.1) is 5.82 Å². The summed E-state index contributed by atoms with van der Waals surface area (Å²) in [5.41, 5.74) is 0.321. The number of hydrogen-bond donors (Lipinski definition) is 1. The molecule has 1 aromatic heterocycles. The number of aromatic nitrogens is 3. The Morgan fingerprint density at radius 1 is 1.55 bits per heavy atom. The molecule has 0 aliphatic rings. The Morgan fingerprint density at radius 3 is 2.90 bits per heavy atom. The third kappa shape index (κ3) is 3.14. The molecule has 5 nitrogen and oxygen atoms in total. The average molecular weight is 297 g/mol. The molecule has 0 saturated heterocycles. The molecule has 106 valence electrons. The van der Waals surface area contributed by atoms with E-state index in [1.54, 1.807) is 10.9 Å². The third-order valence-corrected chi connectivity index (χ3v) is 3.23. The van der Waals surface area contributed by atoms with E-state index in [0.29, 0.717) is 12.1 Å². The number of aryl methyl sites for hydroxylation is 1. The second-order valence-electron chi connectivity index (χ2n) is 4.54. The van der Waals surface area contributed by atoms with Gasteiger partial charge in [0.1, 0.15) is 18.0 Å². The van der Waals surface area contributed by atoms with Crippen LogP contribution in [0.15, 0.2) is 24.5 Å². The summed E-state index contributed by atoms with van der Waals surface area (Å²) >= 11 is 5.65. The second kappa shape index (κ2) is 6.00. The number of nitrogens with one attached hydrogen (secondary N) is 1. The van der Waals surface area contributed by atoms with Crippen LogP contribution < -0.4 is 5.32 Å². The van der Waals surface area contributed by atoms with Gasteiger partial charge in [0.15, 0.2) is 0 Å². The van der Waals surface area contributed by atoms with E-state index in [-0.39, 0.29) is 16.8 Å². The predicted octanol–water partition coefficient (Wildman–Crippen LogP) is 2.14. The first-order chi connectivity index (χ1) is 9.49. The fourth-order valence-corrected chi connectivity index (χ4v) is 2.00. The second-order valence-corrected chi connectivity index (χ2v) is 4.95. The van der Waals surface area contributed by atoms with E-state index in [9.17, 15) is 9.18 Å². The maximum atomic E-state index is 13.0. The molecule has 0 aliphatic carbocycles. The molecule has 0 saturated carbocycles. The molecule has 0 radical (unpaired) electrons. The van der Waals surface area contributed by atoms with Crippen molar-refractivity contribution in [2.24, 2.45) is 7.05 Å². The van der Waals surface area contributed by atoms with Crippen molar-refractivity contribution in [3.63, 3.8) is 0 Å². The van der Waals surface area contributed by atoms with Gasteiger partial charge >= 0.3 is 0 Å². The first-order valence-electron chi connectivity index (χ1n) is 6.06. The van der Waals surface area contributed by atoms with Crippen LogP contribution >= 0.6 is 11.6 Å². The number of carbonyl (C=O) groups excluding carboxylic acids is 1. The minimum Gasteiger partial charge on any atom is -0.351 e. The maximum Gasteiger partial charge on any atom is 0.251 e. The van der Waals surface area contributed by atoms with Crippen molar-refractivity contribution >= 4 is 17.5 Å².